The Morgan fingerprint density at radius 1 is 1.18 bits per heavy atom. The Hall–Kier alpha value is -1.51. The molecular formula is C17H20N3OW-3. The number of nitrogens with zero attached hydrogens (tertiary/aromatic N) is 2. The van der Waals surface area contributed by atoms with Gasteiger partial charge in [-0.3, -0.25) is 5.69 Å². The summed E-state index contributed by atoms with van der Waals surface area (Å²) in [6, 6.07) is 15.8. The Bertz CT molecular complexity index is 594. The zero-order valence-corrected chi connectivity index (χ0v) is 15.9. The monoisotopic (exact) mass is 466 g/mol. The average molecular weight is 466 g/mol. The van der Waals surface area contributed by atoms with Gasteiger partial charge in [0.05, 0.1) is 5.60 Å². The van der Waals surface area contributed by atoms with E-state index in [1.807, 2.05) is 37.3 Å². The van der Waals surface area contributed by atoms with Crippen LogP contribution in [0.3, 0.4) is 0 Å². The second-order valence-electron chi connectivity index (χ2n) is 5.51. The molecule has 5 heteroatoms. The molecule has 1 unspecified atom stereocenters. The molecule has 0 heterocycles. The maximum absolute atomic E-state index is 10.0. The third kappa shape index (κ3) is 5.36. The predicted molar refractivity (Wildman–Crippen MR) is 86.9 cm³/mol. The first-order valence-electron chi connectivity index (χ1n) is 6.86. The maximum atomic E-state index is 10.0. The van der Waals surface area contributed by atoms with Crippen LogP contribution >= 0.6 is 0 Å². The summed E-state index contributed by atoms with van der Waals surface area (Å²) < 4.78 is 0. The van der Waals surface area contributed by atoms with E-state index in [0.29, 0.717) is 5.69 Å². The van der Waals surface area contributed by atoms with Gasteiger partial charge < -0.3 is 21.5 Å². The van der Waals surface area contributed by atoms with E-state index in [1.165, 1.54) is 0 Å². The van der Waals surface area contributed by atoms with E-state index in [1.54, 1.807) is 26.0 Å². The SMILES string of the molecule is CC([N-]c1[c-]cc(N)cc1)[N-]c1cccc(C(C)(C)O)c1.[W]. The summed E-state index contributed by atoms with van der Waals surface area (Å²) in [4.78, 5) is 0. The van der Waals surface area contributed by atoms with Crippen LogP contribution in [0.1, 0.15) is 26.3 Å². The summed E-state index contributed by atoms with van der Waals surface area (Å²) in [6.45, 7) is 5.41. The first-order valence-corrected chi connectivity index (χ1v) is 6.86. The molecule has 0 saturated carbocycles. The first kappa shape index (κ1) is 18.5. The minimum Gasteiger partial charge on any atom is -0.718 e. The van der Waals surface area contributed by atoms with Crippen molar-refractivity contribution in [1.29, 1.82) is 0 Å². The molecular weight excluding hydrogens is 446 g/mol. The molecule has 0 amide bonds. The summed E-state index contributed by atoms with van der Waals surface area (Å²) in [6.07, 6.45) is -0.234. The van der Waals surface area contributed by atoms with Crippen molar-refractivity contribution in [3.05, 3.63) is 64.7 Å². The Morgan fingerprint density at radius 2 is 1.91 bits per heavy atom. The van der Waals surface area contributed by atoms with E-state index in [2.05, 4.69) is 16.7 Å². The molecule has 0 aliphatic carbocycles. The van der Waals surface area contributed by atoms with Crippen molar-refractivity contribution in [1.82, 2.24) is 0 Å². The van der Waals surface area contributed by atoms with E-state index in [-0.39, 0.29) is 27.2 Å². The van der Waals surface area contributed by atoms with Gasteiger partial charge in [-0.05, 0) is 19.4 Å². The smallest absolute Gasteiger partial charge is 0.0840 e. The number of aliphatic hydroxyl groups is 1. The Morgan fingerprint density at radius 3 is 2.50 bits per heavy atom. The molecule has 0 aliphatic heterocycles. The number of nitrogen functional groups attached to an aromatic ring is 1. The molecule has 0 aliphatic rings. The molecule has 2 aromatic rings. The fourth-order valence-corrected chi connectivity index (χ4v) is 1.92. The van der Waals surface area contributed by atoms with Gasteiger partial charge in [-0.2, -0.15) is 24.3 Å². The van der Waals surface area contributed by atoms with E-state index < -0.39 is 5.60 Å². The van der Waals surface area contributed by atoms with Gasteiger partial charge in [-0.15, -0.1) is 5.69 Å². The average Bonchev–Trinajstić information content (AvgIpc) is 2.41. The summed E-state index contributed by atoms with van der Waals surface area (Å²) in [7, 11) is 0. The minimum absolute atomic E-state index is 0. The fourth-order valence-electron chi connectivity index (χ4n) is 1.92. The molecule has 0 saturated heterocycles. The van der Waals surface area contributed by atoms with Crippen molar-refractivity contribution >= 4 is 17.1 Å². The normalized spacial score (nSPS) is 12.2. The molecule has 4 nitrogen and oxygen atoms in total. The van der Waals surface area contributed by atoms with Gasteiger partial charge in [0.15, 0.2) is 0 Å². The van der Waals surface area contributed by atoms with Crippen LogP contribution < -0.4 is 5.73 Å². The van der Waals surface area contributed by atoms with E-state index in [4.69, 9.17) is 5.73 Å². The summed E-state index contributed by atoms with van der Waals surface area (Å²) in [5, 5.41) is 19.0. The van der Waals surface area contributed by atoms with Crippen molar-refractivity contribution in [2.75, 3.05) is 5.73 Å². The van der Waals surface area contributed by atoms with Crippen molar-refractivity contribution in [2.24, 2.45) is 0 Å². The molecule has 3 N–H and O–H groups in total. The molecule has 2 aromatic carbocycles. The van der Waals surface area contributed by atoms with Gasteiger partial charge >= 0.3 is 0 Å². The van der Waals surface area contributed by atoms with E-state index in [9.17, 15) is 5.11 Å². The largest absolute Gasteiger partial charge is 0.718 e. The molecule has 0 aromatic heterocycles. The molecule has 0 spiro atoms. The number of nitrogens with two attached hydrogens (primary N) is 1. The van der Waals surface area contributed by atoms with Crippen LogP contribution in [-0.4, -0.2) is 11.3 Å². The van der Waals surface area contributed by atoms with Crippen LogP contribution in [0.25, 0.3) is 10.6 Å². The number of benzene rings is 2. The standard InChI is InChI=1S/C17H20N3O.W/c1-12(19-15-9-7-14(18)8-10-15)20-16-6-4-5-13(11-16)17(2,3)21;/h4-9,11-12,21H,18H2,1-3H3;/q-3;. The molecule has 1 atom stereocenters. The van der Waals surface area contributed by atoms with E-state index >= 15 is 0 Å². The Kier molecular flexibility index (Phi) is 6.45. The van der Waals surface area contributed by atoms with Crippen LogP contribution in [0, 0.1) is 6.07 Å². The number of rotatable bonds is 5. The molecule has 0 bridgehead atoms. The van der Waals surface area contributed by atoms with Gasteiger partial charge in [0, 0.05) is 21.1 Å². The molecule has 2 rings (SSSR count). The number of hydrogen-bond donors (Lipinski definition) is 2. The van der Waals surface area contributed by atoms with Crippen molar-refractivity contribution < 1.29 is 26.2 Å². The van der Waals surface area contributed by atoms with Crippen molar-refractivity contribution in [3.63, 3.8) is 0 Å². The molecule has 118 valence electrons. The minimum atomic E-state index is -0.878. The fraction of sp³-hybridized carbons (Fsp3) is 0.294. The van der Waals surface area contributed by atoms with Gasteiger partial charge in [-0.1, -0.05) is 36.9 Å². The second kappa shape index (κ2) is 7.66. The zero-order valence-electron chi connectivity index (χ0n) is 12.9. The number of hydrogen-bond acceptors (Lipinski definition) is 2. The zero-order chi connectivity index (χ0) is 15.5. The van der Waals surface area contributed by atoms with Crippen molar-refractivity contribution in [2.45, 2.75) is 32.5 Å². The first-order chi connectivity index (χ1) is 9.84. The predicted octanol–water partition coefficient (Wildman–Crippen LogP) is 4.35. The molecule has 22 heavy (non-hydrogen) atoms. The van der Waals surface area contributed by atoms with Crippen LogP contribution in [-0.2, 0) is 26.7 Å². The van der Waals surface area contributed by atoms with Gasteiger partial charge in [-0.25, -0.2) is 6.17 Å². The van der Waals surface area contributed by atoms with Gasteiger partial charge in [0.1, 0.15) is 0 Å². The van der Waals surface area contributed by atoms with Crippen LogP contribution in [0.4, 0.5) is 17.1 Å². The topological polar surface area (TPSA) is 74.5 Å². The van der Waals surface area contributed by atoms with Gasteiger partial charge in [0.25, 0.3) is 0 Å². The summed E-state index contributed by atoms with van der Waals surface area (Å²) in [5.74, 6) is 0. The van der Waals surface area contributed by atoms with Crippen LogP contribution in [0.2, 0.25) is 0 Å². The number of anilines is 1. The Balaban J connectivity index is 0.00000242. The Labute approximate surface area is 146 Å². The molecule has 0 radical (unpaired) electrons. The molecule has 0 fully saturated rings. The maximum Gasteiger partial charge on any atom is 0.0840 e. The summed E-state index contributed by atoms with van der Waals surface area (Å²) >= 11 is 0. The third-order valence-electron chi connectivity index (χ3n) is 3.03. The quantitative estimate of drug-likeness (QED) is 0.508. The van der Waals surface area contributed by atoms with Crippen LogP contribution in [0.5, 0.6) is 0 Å². The van der Waals surface area contributed by atoms with Gasteiger partial charge in [0.2, 0.25) is 0 Å². The van der Waals surface area contributed by atoms with Crippen LogP contribution in [0.15, 0.2) is 42.5 Å². The third-order valence-corrected chi connectivity index (χ3v) is 3.03. The second-order valence-corrected chi connectivity index (χ2v) is 5.51. The summed E-state index contributed by atoms with van der Waals surface area (Å²) in [5.41, 5.74) is 7.75. The van der Waals surface area contributed by atoms with Crippen molar-refractivity contribution in [3.8, 4) is 0 Å². The van der Waals surface area contributed by atoms with E-state index in [0.717, 1.165) is 16.9 Å².